The van der Waals surface area contributed by atoms with Gasteiger partial charge in [-0.2, -0.15) is 26.3 Å². The molecule has 0 aliphatic rings. The predicted octanol–water partition coefficient (Wildman–Crippen LogP) is 9.61. The Bertz CT molecular complexity index is 2090. The van der Waals surface area contributed by atoms with Crippen molar-refractivity contribution in [2.24, 2.45) is 5.73 Å². The van der Waals surface area contributed by atoms with Gasteiger partial charge in [-0.25, -0.2) is 4.79 Å². The number of carbonyl (C=O) groups is 3. The summed E-state index contributed by atoms with van der Waals surface area (Å²) in [6.07, 6.45) is -7.99. The summed E-state index contributed by atoms with van der Waals surface area (Å²) in [5.74, 6) is -2.66. The third-order valence-corrected chi connectivity index (χ3v) is 8.89. The van der Waals surface area contributed by atoms with E-state index in [4.69, 9.17) is 20.4 Å². The lowest BCUT2D eigenvalue weighted by Crippen LogP contribution is -2.32. The quantitative estimate of drug-likeness (QED) is 0.0802. The lowest BCUT2D eigenvalue weighted by molar-refractivity contribution is -0.192. The number of ether oxygens (including phenoxy) is 1. The normalized spacial score (nSPS) is 11.2. The molecular weight excluding hydrogens is 761 g/mol. The number of nitrogens with zero attached hydrogens (tertiary/aromatic N) is 1. The fraction of sp³-hybridized carbons (Fsp3) is 0.195. The Morgan fingerprint density at radius 1 is 0.768 bits per heavy atom. The standard InChI is InChI=1S/C39H36F3N3O3S.C2HF3O2/c1-49-33-19-17-30(18-20-33)29-15-13-27(14-16-29)26-45(35-11-4-5-12-36(35)48-32-9-6-7-28(23-32)24-43)38(47)22-21-37(46)44-25-31-8-2-3-10-34(31)39(40,41)42;3-2(4,5)1(6)7/h2-20,23H,21-22,24-26,43H2,1H3,(H,44,46);(H,6,7). The summed E-state index contributed by atoms with van der Waals surface area (Å²) in [6, 6.07) is 35.7. The molecule has 0 spiro atoms. The summed E-state index contributed by atoms with van der Waals surface area (Å²) in [5, 5.41) is 9.66. The van der Waals surface area contributed by atoms with Gasteiger partial charge in [0.1, 0.15) is 5.75 Å². The number of anilines is 1. The number of halogens is 6. The molecule has 0 fully saturated rings. The number of benzene rings is 5. The molecule has 0 unspecified atom stereocenters. The molecule has 0 saturated heterocycles. The van der Waals surface area contributed by atoms with E-state index in [1.807, 2.05) is 48.7 Å². The lowest BCUT2D eigenvalue weighted by Gasteiger charge is -2.25. The van der Waals surface area contributed by atoms with Gasteiger partial charge in [-0.15, -0.1) is 11.8 Å². The predicted molar refractivity (Wildman–Crippen MR) is 202 cm³/mol. The molecule has 15 heteroatoms. The largest absolute Gasteiger partial charge is 0.490 e. The maximum atomic E-state index is 13.9. The molecule has 0 radical (unpaired) electrons. The van der Waals surface area contributed by atoms with E-state index in [1.165, 1.54) is 23.1 Å². The van der Waals surface area contributed by atoms with Crippen molar-refractivity contribution in [1.29, 1.82) is 0 Å². The summed E-state index contributed by atoms with van der Waals surface area (Å²) >= 11 is 1.68. The van der Waals surface area contributed by atoms with Crippen LogP contribution in [0.1, 0.15) is 35.1 Å². The molecule has 0 saturated carbocycles. The van der Waals surface area contributed by atoms with Crippen molar-refractivity contribution in [2.75, 3.05) is 11.2 Å². The third-order valence-electron chi connectivity index (χ3n) is 8.14. The average Bonchev–Trinajstić information content (AvgIpc) is 3.18. The van der Waals surface area contributed by atoms with Gasteiger partial charge < -0.3 is 25.8 Å². The Hall–Kier alpha value is -5.80. The number of nitrogens with two attached hydrogens (primary N) is 1. The molecule has 2 amide bonds. The molecule has 0 aliphatic heterocycles. The van der Waals surface area contributed by atoms with E-state index in [9.17, 15) is 35.9 Å². The first-order valence-corrected chi connectivity index (χ1v) is 18.1. The number of carboxylic acids is 1. The molecule has 0 bridgehead atoms. The smallest absolute Gasteiger partial charge is 0.475 e. The number of alkyl halides is 6. The zero-order valence-corrected chi connectivity index (χ0v) is 30.7. The molecule has 8 nitrogen and oxygen atoms in total. The average molecular weight is 798 g/mol. The Morgan fingerprint density at radius 3 is 1.98 bits per heavy atom. The number of rotatable bonds is 13. The fourth-order valence-electron chi connectivity index (χ4n) is 5.29. The SMILES string of the molecule is CSc1ccc(-c2ccc(CN(C(=O)CCC(=O)NCc3ccccc3C(F)(F)F)c3ccccc3Oc3cccc(CN)c3)cc2)cc1.O=C(O)C(F)(F)F. The number of hydrogen-bond donors (Lipinski definition) is 3. The van der Waals surface area contributed by atoms with E-state index in [2.05, 4.69) is 29.6 Å². The van der Waals surface area contributed by atoms with Crippen LogP contribution in [0.2, 0.25) is 0 Å². The molecule has 0 atom stereocenters. The first-order chi connectivity index (χ1) is 26.6. The summed E-state index contributed by atoms with van der Waals surface area (Å²) in [6.45, 7) is 0.219. The highest BCUT2D eigenvalue weighted by molar-refractivity contribution is 7.98. The highest BCUT2D eigenvalue weighted by atomic mass is 32.2. The first kappa shape index (κ1) is 42.9. The Morgan fingerprint density at radius 2 is 1.38 bits per heavy atom. The van der Waals surface area contributed by atoms with Crippen LogP contribution in [-0.4, -0.2) is 35.3 Å². The van der Waals surface area contributed by atoms with Crippen LogP contribution in [-0.2, 0) is 40.2 Å². The van der Waals surface area contributed by atoms with Gasteiger partial charge in [0.2, 0.25) is 11.8 Å². The first-order valence-electron chi connectivity index (χ1n) is 16.9. The van der Waals surface area contributed by atoms with Crippen LogP contribution in [0.15, 0.2) is 126 Å². The molecule has 0 heterocycles. The fourth-order valence-corrected chi connectivity index (χ4v) is 5.70. The Kier molecular flexibility index (Phi) is 15.1. The van der Waals surface area contributed by atoms with Crippen molar-refractivity contribution in [3.63, 3.8) is 0 Å². The number of aliphatic carboxylic acids is 1. The van der Waals surface area contributed by atoms with Crippen LogP contribution in [0.5, 0.6) is 11.5 Å². The third kappa shape index (κ3) is 12.6. The van der Waals surface area contributed by atoms with Crippen molar-refractivity contribution in [3.05, 3.63) is 144 Å². The minimum Gasteiger partial charge on any atom is -0.475 e. The highest BCUT2D eigenvalue weighted by Gasteiger charge is 2.38. The summed E-state index contributed by atoms with van der Waals surface area (Å²) in [7, 11) is 0. The number of thioether (sulfide) groups is 1. The molecule has 5 aromatic rings. The summed E-state index contributed by atoms with van der Waals surface area (Å²) in [4.78, 5) is 38.3. The molecule has 5 rings (SSSR count). The zero-order chi connectivity index (χ0) is 40.9. The monoisotopic (exact) mass is 797 g/mol. The van der Waals surface area contributed by atoms with Crippen LogP contribution in [0.25, 0.3) is 11.1 Å². The molecule has 56 heavy (non-hydrogen) atoms. The summed E-state index contributed by atoms with van der Waals surface area (Å²) < 4.78 is 78.2. The van der Waals surface area contributed by atoms with E-state index in [-0.39, 0.29) is 37.4 Å². The molecule has 0 aromatic heterocycles. The second-order valence-corrected chi connectivity index (χ2v) is 12.9. The Labute approximate surface area is 323 Å². The van der Waals surface area contributed by atoms with Crippen LogP contribution in [0.4, 0.5) is 32.0 Å². The highest BCUT2D eigenvalue weighted by Crippen LogP contribution is 2.35. The van der Waals surface area contributed by atoms with Gasteiger partial charge in [0.15, 0.2) is 5.75 Å². The second-order valence-electron chi connectivity index (χ2n) is 12.1. The van der Waals surface area contributed by atoms with Crippen molar-refractivity contribution >= 4 is 35.2 Å². The lowest BCUT2D eigenvalue weighted by atomic mass is 10.0. The van der Waals surface area contributed by atoms with Gasteiger partial charge >= 0.3 is 18.3 Å². The number of hydrogen-bond acceptors (Lipinski definition) is 6. The molecule has 5 aromatic carbocycles. The maximum Gasteiger partial charge on any atom is 0.490 e. The molecular formula is C41H37F6N3O5S. The topological polar surface area (TPSA) is 122 Å². The van der Waals surface area contributed by atoms with E-state index >= 15 is 0 Å². The van der Waals surface area contributed by atoms with Crippen molar-refractivity contribution in [2.45, 2.75) is 49.7 Å². The number of amides is 2. The maximum absolute atomic E-state index is 13.9. The number of carboxylic acid groups (broad SMARTS) is 1. The van der Waals surface area contributed by atoms with Gasteiger partial charge in [-0.1, -0.05) is 78.9 Å². The van der Waals surface area contributed by atoms with Gasteiger partial charge in [-0.05, 0) is 76.5 Å². The van der Waals surface area contributed by atoms with Gasteiger partial charge in [0.25, 0.3) is 0 Å². The molecule has 294 valence electrons. The van der Waals surface area contributed by atoms with Crippen molar-refractivity contribution in [1.82, 2.24) is 5.32 Å². The van der Waals surface area contributed by atoms with E-state index < -0.39 is 29.8 Å². The number of para-hydroxylation sites is 2. The summed E-state index contributed by atoms with van der Waals surface area (Å²) in [5.41, 5.74) is 9.30. The van der Waals surface area contributed by atoms with Gasteiger partial charge in [-0.3, -0.25) is 9.59 Å². The minimum absolute atomic E-state index is 0.0512. The van der Waals surface area contributed by atoms with Crippen molar-refractivity contribution in [3.8, 4) is 22.6 Å². The van der Waals surface area contributed by atoms with Gasteiger partial charge in [0, 0.05) is 30.8 Å². The van der Waals surface area contributed by atoms with Gasteiger partial charge in [0.05, 0.1) is 17.8 Å². The minimum atomic E-state index is -5.08. The molecule has 4 N–H and O–H groups in total. The van der Waals surface area contributed by atoms with E-state index in [0.29, 0.717) is 23.7 Å². The van der Waals surface area contributed by atoms with E-state index in [0.717, 1.165) is 28.3 Å². The number of nitrogens with one attached hydrogen (secondary N) is 1. The van der Waals surface area contributed by atoms with Crippen LogP contribution >= 0.6 is 11.8 Å². The zero-order valence-electron chi connectivity index (χ0n) is 29.9. The van der Waals surface area contributed by atoms with Crippen molar-refractivity contribution < 1.29 is 50.6 Å². The second kappa shape index (κ2) is 19.7. The number of carbonyl (C=O) groups excluding carboxylic acids is 2. The van der Waals surface area contributed by atoms with Crippen LogP contribution in [0, 0.1) is 0 Å². The van der Waals surface area contributed by atoms with Crippen LogP contribution in [0.3, 0.4) is 0 Å². The molecule has 0 aliphatic carbocycles. The van der Waals surface area contributed by atoms with Crippen LogP contribution < -0.4 is 20.7 Å². The van der Waals surface area contributed by atoms with E-state index in [1.54, 1.807) is 47.0 Å². The Balaban J connectivity index is 0.000000908.